The Kier molecular flexibility index (Phi) is 7.31. The summed E-state index contributed by atoms with van der Waals surface area (Å²) in [6, 6.07) is 20.5. The minimum atomic E-state index is 0.610. The highest BCUT2D eigenvalue weighted by atomic mass is 15.3. The molecule has 7 nitrogen and oxygen atoms in total. The summed E-state index contributed by atoms with van der Waals surface area (Å²) in [5.41, 5.74) is 4.67. The minimum Gasteiger partial charge on any atom is -0.357 e. The number of nitrogens with zero attached hydrogens (tertiary/aromatic N) is 5. The van der Waals surface area contributed by atoms with Crippen molar-refractivity contribution in [3.8, 4) is 5.69 Å². The molecule has 0 bridgehead atoms. The number of benzene rings is 2. The van der Waals surface area contributed by atoms with Gasteiger partial charge in [0.1, 0.15) is 0 Å². The SMILES string of the molecule is CCNC(=NCc1ccccc1Cn1cccn1)NCCc1cnn(-c2ccccc2)c1. The topological polar surface area (TPSA) is 72.1 Å². The van der Waals surface area contributed by atoms with E-state index in [4.69, 9.17) is 4.99 Å². The molecule has 0 aliphatic heterocycles. The number of aromatic nitrogens is 4. The molecule has 0 fully saturated rings. The molecule has 0 unspecified atom stereocenters. The van der Waals surface area contributed by atoms with Crippen LogP contribution in [-0.4, -0.2) is 38.6 Å². The molecule has 2 heterocycles. The van der Waals surface area contributed by atoms with Gasteiger partial charge in [0.2, 0.25) is 0 Å². The van der Waals surface area contributed by atoms with E-state index in [1.54, 1.807) is 6.20 Å². The predicted octanol–water partition coefficient (Wildman–Crippen LogP) is 3.41. The Morgan fingerprint density at radius 3 is 2.53 bits per heavy atom. The van der Waals surface area contributed by atoms with Gasteiger partial charge in [-0.3, -0.25) is 4.68 Å². The number of rotatable bonds is 9. The summed E-state index contributed by atoms with van der Waals surface area (Å²) < 4.78 is 3.84. The maximum atomic E-state index is 4.80. The van der Waals surface area contributed by atoms with Crippen LogP contribution >= 0.6 is 0 Å². The Labute approximate surface area is 188 Å². The molecule has 0 saturated carbocycles. The highest BCUT2D eigenvalue weighted by Gasteiger charge is 2.05. The number of guanidine groups is 1. The number of hydrogen-bond acceptors (Lipinski definition) is 3. The van der Waals surface area contributed by atoms with Crippen LogP contribution in [0.25, 0.3) is 5.69 Å². The fourth-order valence-corrected chi connectivity index (χ4v) is 3.48. The standard InChI is InChI=1S/C25H29N7/c1-2-26-25(27-15-13-21-17-30-32(19-21)24-11-4-3-5-12-24)28-18-22-9-6-7-10-23(22)20-31-16-8-14-29-31/h3-12,14,16-17,19H,2,13,15,18,20H2,1H3,(H2,26,27,28). The van der Waals surface area contributed by atoms with Crippen LogP contribution in [0.3, 0.4) is 0 Å². The Hall–Kier alpha value is -3.87. The molecular weight excluding hydrogens is 398 g/mol. The van der Waals surface area contributed by atoms with Crippen molar-refractivity contribution in [2.24, 2.45) is 4.99 Å². The van der Waals surface area contributed by atoms with E-state index >= 15 is 0 Å². The van der Waals surface area contributed by atoms with Crippen LogP contribution in [0.1, 0.15) is 23.6 Å². The van der Waals surface area contributed by atoms with E-state index in [0.717, 1.165) is 37.7 Å². The van der Waals surface area contributed by atoms with Crippen molar-refractivity contribution in [2.75, 3.05) is 13.1 Å². The molecular formula is C25H29N7. The van der Waals surface area contributed by atoms with Gasteiger partial charge in [0.15, 0.2) is 5.96 Å². The molecule has 0 atom stereocenters. The van der Waals surface area contributed by atoms with Crippen molar-refractivity contribution < 1.29 is 0 Å². The highest BCUT2D eigenvalue weighted by Crippen LogP contribution is 2.12. The quantitative estimate of drug-likeness (QED) is 0.317. The van der Waals surface area contributed by atoms with E-state index in [-0.39, 0.29) is 0 Å². The summed E-state index contributed by atoms with van der Waals surface area (Å²) in [6.45, 7) is 5.02. The van der Waals surface area contributed by atoms with Gasteiger partial charge in [-0.2, -0.15) is 10.2 Å². The molecule has 2 aromatic carbocycles. The second-order valence-electron chi connectivity index (χ2n) is 7.47. The van der Waals surface area contributed by atoms with E-state index in [1.807, 2.05) is 46.0 Å². The normalized spacial score (nSPS) is 11.5. The number of para-hydroxylation sites is 1. The fourth-order valence-electron chi connectivity index (χ4n) is 3.48. The zero-order chi connectivity index (χ0) is 22.0. The van der Waals surface area contributed by atoms with Crippen molar-refractivity contribution in [2.45, 2.75) is 26.4 Å². The van der Waals surface area contributed by atoms with Crippen molar-refractivity contribution in [1.29, 1.82) is 0 Å². The molecule has 0 radical (unpaired) electrons. The highest BCUT2D eigenvalue weighted by molar-refractivity contribution is 5.79. The Bertz CT molecular complexity index is 1110. The van der Waals surface area contributed by atoms with E-state index in [0.29, 0.717) is 6.54 Å². The maximum Gasteiger partial charge on any atom is 0.191 e. The summed E-state index contributed by atoms with van der Waals surface area (Å²) in [4.78, 5) is 4.80. The van der Waals surface area contributed by atoms with Gasteiger partial charge in [-0.15, -0.1) is 0 Å². The lowest BCUT2D eigenvalue weighted by Crippen LogP contribution is -2.38. The zero-order valence-electron chi connectivity index (χ0n) is 18.4. The first-order chi connectivity index (χ1) is 15.8. The lowest BCUT2D eigenvalue weighted by molar-refractivity contribution is 0.680. The van der Waals surface area contributed by atoms with E-state index < -0.39 is 0 Å². The average molecular weight is 428 g/mol. The first kappa shape index (κ1) is 21.4. The van der Waals surface area contributed by atoms with Crippen molar-refractivity contribution >= 4 is 5.96 Å². The smallest absolute Gasteiger partial charge is 0.191 e. The minimum absolute atomic E-state index is 0.610. The molecule has 0 saturated heterocycles. The van der Waals surface area contributed by atoms with E-state index in [2.05, 4.69) is 70.3 Å². The van der Waals surface area contributed by atoms with Crippen LogP contribution in [0.5, 0.6) is 0 Å². The molecule has 164 valence electrons. The van der Waals surface area contributed by atoms with Crippen LogP contribution in [0.4, 0.5) is 0 Å². The van der Waals surface area contributed by atoms with Gasteiger partial charge >= 0.3 is 0 Å². The van der Waals surface area contributed by atoms with Crippen LogP contribution in [-0.2, 0) is 19.5 Å². The summed E-state index contributed by atoms with van der Waals surface area (Å²) in [6.07, 6.45) is 8.65. The van der Waals surface area contributed by atoms with Gasteiger partial charge in [0.25, 0.3) is 0 Å². The third-order valence-electron chi connectivity index (χ3n) is 5.12. The maximum absolute atomic E-state index is 4.80. The van der Waals surface area contributed by atoms with Gasteiger partial charge in [-0.05, 0) is 48.2 Å². The summed E-state index contributed by atoms with van der Waals surface area (Å²) >= 11 is 0. The Morgan fingerprint density at radius 2 is 1.75 bits per heavy atom. The predicted molar refractivity (Wildman–Crippen MR) is 128 cm³/mol. The summed E-state index contributed by atoms with van der Waals surface area (Å²) in [5, 5.41) is 15.6. The van der Waals surface area contributed by atoms with Gasteiger partial charge in [0, 0.05) is 31.7 Å². The van der Waals surface area contributed by atoms with Gasteiger partial charge in [-0.25, -0.2) is 9.67 Å². The molecule has 2 N–H and O–H groups in total. The molecule has 0 spiro atoms. The van der Waals surface area contributed by atoms with Crippen molar-refractivity contribution in [3.63, 3.8) is 0 Å². The van der Waals surface area contributed by atoms with Gasteiger partial charge in [-0.1, -0.05) is 42.5 Å². The molecule has 32 heavy (non-hydrogen) atoms. The van der Waals surface area contributed by atoms with Gasteiger partial charge < -0.3 is 10.6 Å². The Balaban J connectivity index is 1.35. The van der Waals surface area contributed by atoms with Crippen LogP contribution < -0.4 is 10.6 Å². The third-order valence-corrected chi connectivity index (χ3v) is 5.12. The van der Waals surface area contributed by atoms with Crippen molar-refractivity contribution in [1.82, 2.24) is 30.2 Å². The first-order valence-corrected chi connectivity index (χ1v) is 11.0. The third kappa shape index (κ3) is 5.85. The number of nitrogens with one attached hydrogen (secondary N) is 2. The molecule has 0 aliphatic rings. The van der Waals surface area contributed by atoms with Crippen LogP contribution in [0.2, 0.25) is 0 Å². The molecule has 0 aliphatic carbocycles. The Morgan fingerprint density at radius 1 is 0.938 bits per heavy atom. The zero-order valence-corrected chi connectivity index (χ0v) is 18.4. The summed E-state index contributed by atoms with van der Waals surface area (Å²) in [5.74, 6) is 0.817. The van der Waals surface area contributed by atoms with Gasteiger partial charge in [0.05, 0.1) is 25.0 Å². The second kappa shape index (κ2) is 10.9. The molecule has 7 heteroatoms. The molecule has 4 aromatic rings. The molecule has 4 rings (SSSR count). The van der Waals surface area contributed by atoms with Crippen LogP contribution in [0, 0.1) is 0 Å². The lowest BCUT2D eigenvalue weighted by Gasteiger charge is -2.12. The lowest BCUT2D eigenvalue weighted by atomic mass is 10.1. The monoisotopic (exact) mass is 427 g/mol. The van der Waals surface area contributed by atoms with Crippen LogP contribution in [0.15, 0.2) is 90.4 Å². The number of aliphatic imine (C=N–C) groups is 1. The largest absolute Gasteiger partial charge is 0.357 e. The fraction of sp³-hybridized carbons (Fsp3) is 0.240. The van der Waals surface area contributed by atoms with E-state index in [1.165, 1.54) is 16.7 Å². The van der Waals surface area contributed by atoms with E-state index in [9.17, 15) is 0 Å². The summed E-state index contributed by atoms with van der Waals surface area (Å²) in [7, 11) is 0. The number of hydrogen-bond donors (Lipinski definition) is 2. The second-order valence-corrected chi connectivity index (χ2v) is 7.47. The molecule has 0 amide bonds. The first-order valence-electron chi connectivity index (χ1n) is 11.0. The van der Waals surface area contributed by atoms with Crippen molar-refractivity contribution in [3.05, 3.63) is 102 Å². The average Bonchev–Trinajstić information content (AvgIpc) is 3.51. The molecule has 2 aromatic heterocycles.